The summed E-state index contributed by atoms with van der Waals surface area (Å²) in [5.74, 6) is -33.7. The van der Waals surface area contributed by atoms with E-state index < -0.39 is 51.0 Å². The maximum atomic E-state index is 13.9. The van der Waals surface area contributed by atoms with Crippen LogP contribution in [0.2, 0.25) is 0 Å². The van der Waals surface area contributed by atoms with Crippen LogP contribution in [0.25, 0.3) is 0 Å². The Morgan fingerprint density at radius 2 is 1.14 bits per heavy atom. The van der Waals surface area contributed by atoms with Crippen LogP contribution in [0, 0.1) is 0 Å². The van der Waals surface area contributed by atoms with Gasteiger partial charge in [0.05, 0.1) is 14.1 Å². The molecule has 0 saturated heterocycles. The first-order valence-corrected chi connectivity index (χ1v) is 10.6. The number of benzene rings is 1. The summed E-state index contributed by atoms with van der Waals surface area (Å²) in [6.07, 6.45) is -7.61. The van der Waals surface area contributed by atoms with E-state index >= 15 is 0 Å². The first-order chi connectivity index (χ1) is 15.7. The molecule has 0 fully saturated rings. The smallest absolute Gasteiger partial charge is 0.460 e. The number of halogens is 14. The van der Waals surface area contributed by atoms with Gasteiger partial charge < -0.3 is 28.2 Å². The van der Waals surface area contributed by atoms with Crippen LogP contribution in [0.1, 0.15) is 12.5 Å². The first-order valence-electron chi connectivity index (χ1n) is 9.18. The summed E-state index contributed by atoms with van der Waals surface area (Å²) >= 11 is 0. The van der Waals surface area contributed by atoms with Crippen molar-refractivity contribution in [3.05, 3.63) is 29.8 Å². The molecule has 218 valence electrons. The molecule has 0 bridgehead atoms. The number of nitrogens with zero attached hydrogens (tertiary/aromatic N) is 1. The quantitative estimate of drug-likeness (QED) is 0.117. The summed E-state index contributed by atoms with van der Waals surface area (Å²) in [5.41, 5.74) is 0.302. The molecule has 0 aliphatic carbocycles. The van der Waals surface area contributed by atoms with E-state index in [-0.39, 0.29) is 41.8 Å². The fourth-order valence-corrected chi connectivity index (χ4v) is 3.49. The second-order valence-corrected chi connectivity index (χ2v) is 9.23. The lowest BCUT2D eigenvalue weighted by molar-refractivity contribution is -1.09. The minimum atomic E-state index is -8.26. The molecule has 0 spiro atoms. The van der Waals surface area contributed by atoms with Gasteiger partial charge in [-0.05, 0) is 31.2 Å². The molecule has 0 heterocycles. The van der Waals surface area contributed by atoms with E-state index in [0.29, 0.717) is 17.7 Å². The van der Waals surface area contributed by atoms with Crippen LogP contribution >= 0.6 is 0 Å². The van der Waals surface area contributed by atoms with Crippen molar-refractivity contribution in [1.29, 1.82) is 0 Å². The molecule has 0 atom stereocenters. The van der Waals surface area contributed by atoms with Gasteiger partial charge in [0.1, 0.15) is 18.9 Å². The van der Waals surface area contributed by atoms with Gasteiger partial charge in [-0.25, -0.2) is 4.84 Å². The van der Waals surface area contributed by atoms with Gasteiger partial charge in [0, 0.05) is 5.56 Å². The molecule has 0 N–H and O–H groups in total. The average Bonchev–Trinajstić information content (AvgIpc) is 2.67. The van der Waals surface area contributed by atoms with Gasteiger partial charge in [-0.15, -0.1) is 0 Å². The fraction of sp³-hybridized carbons (Fsp3) is 0.647. The standard InChI is InChI=1S/C17H17F13NO4S.HI/c1-4-34-31(2,3)9-10-5-7-11(8-6-10)35-36(32,33)17(29,30)15(24,25)13(20,21)12(18,19)14(22,23)16(26,27)28;/h5-8H,4,9H2,1-3H3;1H/q+1;/p-1. The molecule has 0 aromatic heterocycles. The molecule has 0 saturated carbocycles. The molecular weight excluding hydrogens is 688 g/mol. The summed E-state index contributed by atoms with van der Waals surface area (Å²) < 4.78 is 198. The zero-order valence-electron chi connectivity index (χ0n) is 18.5. The molecule has 0 unspecified atom stereocenters. The van der Waals surface area contributed by atoms with Crippen LogP contribution in [-0.4, -0.2) is 68.9 Å². The molecular formula is C17H17F13INO4S. The molecule has 0 amide bonds. The van der Waals surface area contributed by atoms with E-state index in [1.54, 1.807) is 21.0 Å². The molecule has 1 rings (SSSR count). The van der Waals surface area contributed by atoms with Crippen LogP contribution in [0.4, 0.5) is 57.1 Å². The van der Waals surface area contributed by atoms with Gasteiger partial charge >= 0.3 is 45.2 Å². The Morgan fingerprint density at radius 3 is 1.51 bits per heavy atom. The van der Waals surface area contributed by atoms with Gasteiger partial charge in [-0.1, -0.05) is 0 Å². The van der Waals surface area contributed by atoms with Crippen molar-refractivity contribution in [2.45, 2.75) is 48.6 Å². The second-order valence-electron chi connectivity index (χ2n) is 7.64. The predicted molar refractivity (Wildman–Crippen MR) is 94.2 cm³/mol. The molecule has 0 radical (unpaired) electrons. The Balaban J connectivity index is 0.0000130. The topological polar surface area (TPSA) is 52.6 Å². The van der Waals surface area contributed by atoms with Gasteiger partial charge in [-0.3, -0.25) is 0 Å². The van der Waals surface area contributed by atoms with Gasteiger partial charge in [0.25, 0.3) is 0 Å². The lowest BCUT2D eigenvalue weighted by Crippen LogP contribution is -3.00. The largest absolute Gasteiger partial charge is 1.00 e. The molecule has 37 heavy (non-hydrogen) atoms. The molecule has 0 aliphatic heterocycles. The number of hydroxylamine groups is 3. The third-order valence-electron chi connectivity index (χ3n) is 4.39. The molecule has 1 aromatic rings. The Hall–Kier alpha value is -1.29. The van der Waals surface area contributed by atoms with Crippen LogP contribution < -0.4 is 28.2 Å². The van der Waals surface area contributed by atoms with Crippen LogP contribution in [-0.2, 0) is 21.5 Å². The summed E-state index contributed by atoms with van der Waals surface area (Å²) in [6, 6.07) is 3.06. The number of hydrogen-bond donors (Lipinski definition) is 0. The average molecular weight is 705 g/mol. The molecule has 1 aromatic carbocycles. The second kappa shape index (κ2) is 10.7. The third kappa shape index (κ3) is 6.31. The lowest BCUT2D eigenvalue weighted by Gasteiger charge is -2.38. The number of alkyl halides is 13. The SMILES string of the molecule is CCO[N+](C)(C)Cc1ccc(OS(=O)(=O)C(F)(F)C(F)(F)C(F)(F)C(F)(F)C(F)(F)C(F)(F)F)cc1.[I-]. The van der Waals surface area contributed by atoms with Gasteiger partial charge in [0.2, 0.25) is 0 Å². The predicted octanol–water partition coefficient (Wildman–Crippen LogP) is 2.62. The van der Waals surface area contributed by atoms with E-state index in [4.69, 9.17) is 4.84 Å². The minimum Gasteiger partial charge on any atom is -1.00 e. The maximum absolute atomic E-state index is 13.9. The number of quaternary nitrogens is 1. The highest BCUT2D eigenvalue weighted by Crippen LogP contribution is 2.61. The Labute approximate surface area is 218 Å². The van der Waals surface area contributed by atoms with Crippen molar-refractivity contribution in [2.75, 3.05) is 20.7 Å². The van der Waals surface area contributed by atoms with Crippen molar-refractivity contribution in [3.8, 4) is 5.75 Å². The third-order valence-corrected chi connectivity index (χ3v) is 5.69. The molecule has 0 aliphatic rings. The van der Waals surface area contributed by atoms with E-state index in [9.17, 15) is 65.5 Å². The van der Waals surface area contributed by atoms with E-state index in [1.165, 1.54) is 0 Å². The van der Waals surface area contributed by atoms with Crippen LogP contribution in [0.15, 0.2) is 24.3 Å². The first kappa shape index (κ1) is 35.7. The van der Waals surface area contributed by atoms with Crippen LogP contribution in [0.3, 0.4) is 0 Å². The van der Waals surface area contributed by atoms with E-state index in [0.717, 1.165) is 12.1 Å². The van der Waals surface area contributed by atoms with Crippen molar-refractivity contribution in [2.24, 2.45) is 0 Å². The van der Waals surface area contributed by atoms with E-state index in [2.05, 4.69) is 4.18 Å². The lowest BCUT2D eigenvalue weighted by atomic mass is 9.98. The highest BCUT2D eigenvalue weighted by molar-refractivity contribution is 7.88. The summed E-state index contributed by atoms with van der Waals surface area (Å²) in [5, 5.41) is -7.43. The zero-order valence-corrected chi connectivity index (χ0v) is 21.5. The Bertz CT molecular complexity index is 1030. The summed E-state index contributed by atoms with van der Waals surface area (Å²) in [6.45, 7) is 1.94. The Morgan fingerprint density at radius 1 is 0.730 bits per heavy atom. The minimum absolute atomic E-state index is 0. The fourth-order valence-electron chi connectivity index (χ4n) is 2.58. The van der Waals surface area contributed by atoms with E-state index in [1.807, 2.05) is 0 Å². The Kier molecular flexibility index (Phi) is 10.3. The highest BCUT2D eigenvalue weighted by Gasteiger charge is 2.93. The van der Waals surface area contributed by atoms with Crippen molar-refractivity contribution < 1.29 is 103 Å². The highest BCUT2D eigenvalue weighted by atomic mass is 127. The van der Waals surface area contributed by atoms with Gasteiger partial charge in [-0.2, -0.15) is 70.1 Å². The monoisotopic (exact) mass is 705 g/mol. The maximum Gasteiger partial charge on any atom is 0.460 e. The number of hydrogen-bond acceptors (Lipinski definition) is 4. The van der Waals surface area contributed by atoms with Crippen molar-refractivity contribution >= 4 is 10.1 Å². The normalized spacial score (nSPS) is 14.8. The summed E-state index contributed by atoms with van der Waals surface area (Å²) in [7, 11) is -4.29. The van der Waals surface area contributed by atoms with Crippen molar-refractivity contribution in [1.82, 2.24) is 0 Å². The molecule has 20 heteroatoms. The van der Waals surface area contributed by atoms with Crippen LogP contribution in [0.5, 0.6) is 5.75 Å². The summed E-state index contributed by atoms with van der Waals surface area (Å²) in [4.78, 5) is 5.30. The van der Waals surface area contributed by atoms with Crippen molar-refractivity contribution in [3.63, 3.8) is 0 Å². The van der Waals surface area contributed by atoms with Gasteiger partial charge in [0.15, 0.2) is 0 Å². The zero-order chi connectivity index (χ0) is 28.8. The molecule has 5 nitrogen and oxygen atoms in total. The number of rotatable bonds is 11.